The molecule has 9 nitrogen and oxygen atoms in total. The van der Waals surface area contributed by atoms with Gasteiger partial charge in [0.05, 0.1) is 19.6 Å². The summed E-state index contributed by atoms with van der Waals surface area (Å²) in [5.41, 5.74) is 1.09. The lowest BCUT2D eigenvalue weighted by Crippen LogP contribution is -2.58. The van der Waals surface area contributed by atoms with Gasteiger partial charge in [-0.05, 0) is 38.0 Å². The van der Waals surface area contributed by atoms with Crippen molar-refractivity contribution in [2.24, 2.45) is 5.92 Å². The average molecular weight is 433 g/mol. The molecule has 1 aromatic carbocycles. The van der Waals surface area contributed by atoms with E-state index in [0.29, 0.717) is 24.3 Å². The number of amides is 3. The first kappa shape index (κ1) is 24.2. The smallest absolute Gasteiger partial charge is 0.308 e. The quantitative estimate of drug-likeness (QED) is 0.504. The highest BCUT2D eigenvalue weighted by Crippen LogP contribution is 2.14. The largest absolute Gasteiger partial charge is 0.465 e. The summed E-state index contributed by atoms with van der Waals surface area (Å²) in [4.78, 5) is 50.7. The number of hydrogen-bond donors (Lipinski definition) is 3. The molecule has 1 aromatic rings. The third-order valence-electron chi connectivity index (χ3n) is 4.58. The normalized spacial score (nSPS) is 16.1. The molecule has 0 spiro atoms. The van der Waals surface area contributed by atoms with Crippen molar-refractivity contribution in [3.8, 4) is 0 Å². The van der Waals surface area contributed by atoms with Gasteiger partial charge in [0, 0.05) is 30.4 Å². The molecule has 1 atom stereocenters. The van der Waals surface area contributed by atoms with E-state index in [9.17, 15) is 19.2 Å². The number of piperazine rings is 1. The fourth-order valence-electron chi connectivity index (χ4n) is 3.09. The van der Waals surface area contributed by atoms with Gasteiger partial charge in [-0.3, -0.25) is 19.2 Å². The van der Waals surface area contributed by atoms with Crippen LogP contribution in [0.2, 0.25) is 0 Å². The maximum atomic E-state index is 12.8. The molecule has 0 bridgehead atoms. The van der Waals surface area contributed by atoms with Crippen molar-refractivity contribution in [3.63, 3.8) is 0 Å². The summed E-state index contributed by atoms with van der Waals surface area (Å²) in [5.74, 6) is -1.20. The van der Waals surface area contributed by atoms with Gasteiger partial charge in [0.15, 0.2) is 0 Å². The van der Waals surface area contributed by atoms with Crippen molar-refractivity contribution in [1.82, 2.24) is 15.5 Å². The van der Waals surface area contributed by atoms with Crippen LogP contribution in [0.3, 0.4) is 0 Å². The molecule has 1 saturated heterocycles. The molecule has 2 rings (SSSR count). The number of anilines is 1. The van der Waals surface area contributed by atoms with Gasteiger partial charge in [-0.2, -0.15) is 0 Å². The Bertz CT molecular complexity index is 809. The number of carbonyl (C=O) groups excluding carboxylic acids is 4. The minimum absolute atomic E-state index is 0.0140. The molecule has 0 aromatic heterocycles. The molecule has 170 valence electrons. The average Bonchev–Trinajstić information content (AvgIpc) is 2.71. The Morgan fingerprint density at radius 2 is 1.97 bits per heavy atom. The second kappa shape index (κ2) is 11.3. The number of carbonyl (C=O) groups is 4. The molecule has 0 radical (unpaired) electrons. The molecule has 0 saturated carbocycles. The third-order valence-corrected chi connectivity index (χ3v) is 4.58. The van der Waals surface area contributed by atoms with Crippen molar-refractivity contribution >= 4 is 29.4 Å². The zero-order valence-corrected chi connectivity index (χ0v) is 18.6. The van der Waals surface area contributed by atoms with Crippen LogP contribution in [0.15, 0.2) is 24.3 Å². The van der Waals surface area contributed by atoms with E-state index in [0.717, 1.165) is 0 Å². The number of rotatable bonds is 9. The molecule has 0 aliphatic carbocycles. The maximum Gasteiger partial charge on any atom is 0.308 e. The van der Waals surface area contributed by atoms with Crippen LogP contribution in [-0.4, -0.2) is 66.9 Å². The Kier molecular flexibility index (Phi) is 8.84. The van der Waals surface area contributed by atoms with E-state index < -0.39 is 12.0 Å². The number of esters is 1. The van der Waals surface area contributed by atoms with Gasteiger partial charge in [0.2, 0.25) is 11.8 Å². The molecule has 1 aliphatic heterocycles. The fourth-order valence-corrected chi connectivity index (χ4v) is 3.09. The Balaban J connectivity index is 1.98. The molecule has 1 fully saturated rings. The predicted octanol–water partition coefficient (Wildman–Crippen LogP) is 1.15. The molecule has 3 N–H and O–H groups in total. The molecular weight excluding hydrogens is 400 g/mol. The maximum absolute atomic E-state index is 12.8. The summed E-state index contributed by atoms with van der Waals surface area (Å²) < 4.78 is 5.16. The van der Waals surface area contributed by atoms with Crippen molar-refractivity contribution in [2.45, 2.75) is 46.2 Å². The molecule has 1 heterocycles. The van der Waals surface area contributed by atoms with Gasteiger partial charge in [-0.15, -0.1) is 0 Å². The van der Waals surface area contributed by atoms with Gasteiger partial charge < -0.3 is 25.6 Å². The third kappa shape index (κ3) is 7.58. The lowest BCUT2D eigenvalue weighted by Gasteiger charge is -2.34. The van der Waals surface area contributed by atoms with E-state index in [-0.39, 0.29) is 49.3 Å². The number of hydrogen-bond acceptors (Lipinski definition) is 6. The zero-order chi connectivity index (χ0) is 23.0. The van der Waals surface area contributed by atoms with Crippen LogP contribution in [0.5, 0.6) is 0 Å². The number of benzene rings is 1. The Labute approximate surface area is 182 Å². The van der Waals surface area contributed by atoms with Gasteiger partial charge >= 0.3 is 5.97 Å². The molecule has 9 heteroatoms. The first-order chi connectivity index (χ1) is 14.7. The second-order valence-corrected chi connectivity index (χ2v) is 8.24. The Hall–Kier alpha value is -3.10. The van der Waals surface area contributed by atoms with Crippen LogP contribution in [0.25, 0.3) is 0 Å². The predicted molar refractivity (Wildman–Crippen MR) is 116 cm³/mol. The number of ether oxygens (including phenoxy) is 1. The second-order valence-electron chi connectivity index (χ2n) is 8.24. The fraction of sp³-hybridized carbons (Fsp3) is 0.545. The van der Waals surface area contributed by atoms with Crippen LogP contribution < -0.4 is 16.0 Å². The monoisotopic (exact) mass is 432 g/mol. The first-order valence-electron chi connectivity index (χ1n) is 10.5. The summed E-state index contributed by atoms with van der Waals surface area (Å²) in [7, 11) is 0. The lowest BCUT2D eigenvalue weighted by molar-refractivity contribution is -0.152. The number of nitrogens with one attached hydrogen (secondary N) is 3. The number of nitrogens with zero attached hydrogens (tertiary/aromatic N) is 1. The van der Waals surface area contributed by atoms with E-state index in [1.807, 2.05) is 27.7 Å². The van der Waals surface area contributed by atoms with Crippen LogP contribution in [0.4, 0.5) is 5.69 Å². The van der Waals surface area contributed by atoms with Crippen molar-refractivity contribution in [2.75, 3.05) is 31.6 Å². The Morgan fingerprint density at radius 1 is 1.23 bits per heavy atom. The van der Waals surface area contributed by atoms with Gasteiger partial charge in [0.25, 0.3) is 5.91 Å². The van der Waals surface area contributed by atoms with Crippen LogP contribution >= 0.6 is 0 Å². The minimum Gasteiger partial charge on any atom is -0.465 e. The van der Waals surface area contributed by atoms with Crippen LogP contribution in [0, 0.1) is 5.92 Å². The highest BCUT2D eigenvalue weighted by molar-refractivity contribution is 5.96. The van der Waals surface area contributed by atoms with E-state index in [1.165, 1.54) is 4.90 Å². The summed E-state index contributed by atoms with van der Waals surface area (Å²) in [6.45, 7) is 8.43. The van der Waals surface area contributed by atoms with E-state index in [4.69, 9.17) is 4.74 Å². The zero-order valence-electron chi connectivity index (χ0n) is 18.6. The summed E-state index contributed by atoms with van der Waals surface area (Å²) in [6, 6.07) is 5.95. The lowest BCUT2D eigenvalue weighted by atomic mass is 10.1. The van der Waals surface area contributed by atoms with Gasteiger partial charge in [0.1, 0.15) is 6.04 Å². The standard InChI is InChI=1S/C22H32N4O5/c1-14(2)13-31-20(28)11-18-22(30)23-8-9-26(18)19(27)12-24-17-7-5-6-16(10-17)21(29)25-15(3)4/h5-7,10,14-15,18,24H,8-9,11-13H2,1-4H3,(H,23,30)(H,25,29). The first-order valence-corrected chi connectivity index (χ1v) is 10.5. The summed E-state index contributed by atoms with van der Waals surface area (Å²) in [5, 5.41) is 8.51. The van der Waals surface area contributed by atoms with Gasteiger partial charge in [-0.1, -0.05) is 19.9 Å². The Morgan fingerprint density at radius 3 is 2.65 bits per heavy atom. The topological polar surface area (TPSA) is 117 Å². The van der Waals surface area contributed by atoms with Gasteiger partial charge in [-0.25, -0.2) is 0 Å². The van der Waals surface area contributed by atoms with Crippen molar-refractivity contribution in [1.29, 1.82) is 0 Å². The molecule has 3 amide bonds. The molecular formula is C22H32N4O5. The van der Waals surface area contributed by atoms with Crippen LogP contribution in [0.1, 0.15) is 44.5 Å². The molecule has 1 unspecified atom stereocenters. The SMILES string of the molecule is CC(C)COC(=O)CC1C(=O)NCCN1C(=O)CNc1cccc(C(=O)NC(C)C)c1. The van der Waals surface area contributed by atoms with Crippen molar-refractivity contribution in [3.05, 3.63) is 29.8 Å². The summed E-state index contributed by atoms with van der Waals surface area (Å²) >= 11 is 0. The minimum atomic E-state index is -0.897. The van der Waals surface area contributed by atoms with E-state index in [1.54, 1.807) is 24.3 Å². The summed E-state index contributed by atoms with van der Waals surface area (Å²) in [6.07, 6.45) is -0.185. The highest BCUT2D eigenvalue weighted by Gasteiger charge is 2.35. The highest BCUT2D eigenvalue weighted by atomic mass is 16.5. The van der Waals surface area contributed by atoms with E-state index >= 15 is 0 Å². The molecule has 31 heavy (non-hydrogen) atoms. The van der Waals surface area contributed by atoms with Crippen molar-refractivity contribution < 1.29 is 23.9 Å². The molecule has 1 aliphatic rings. The van der Waals surface area contributed by atoms with E-state index in [2.05, 4.69) is 16.0 Å². The van der Waals surface area contributed by atoms with Crippen LogP contribution in [-0.2, 0) is 19.1 Å².